The van der Waals surface area contributed by atoms with Gasteiger partial charge in [-0.15, -0.1) is 0 Å². The number of rotatable bonds is 7. The van der Waals surface area contributed by atoms with E-state index in [4.69, 9.17) is 19.9 Å². The standard InChI is InChI=1S/C35H25N7Si/c1-4-19-37-28(9-1)27-18-24-40-35(25-27)43(32-13-3-6-21-39-32,33-14-7-11-29(41-33)26-16-22-36-23-17-26)34-15-8-12-31(42-34)30-10-2-5-20-38-30/h1-25H. The van der Waals surface area contributed by atoms with Crippen LogP contribution in [-0.2, 0) is 0 Å². The van der Waals surface area contributed by atoms with Gasteiger partial charge < -0.3 is 0 Å². The van der Waals surface area contributed by atoms with E-state index in [0.29, 0.717) is 0 Å². The van der Waals surface area contributed by atoms with Crippen molar-refractivity contribution in [3.8, 4) is 33.9 Å². The molecule has 0 N–H and O–H groups in total. The lowest BCUT2D eigenvalue weighted by Crippen LogP contribution is -2.77. The van der Waals surface area contributed by atoms with Crippen LogP contribution in [0.1, 0.15) is 0 Å². The van der Waals surface area contributed by atoms with Gasteiger partial charge in [0.25, 0.3) is 8.07 Å². The molecule has 0 radical (unpaired) electrons. The van der Waals surface area contributed by atoms with Gasteiger partial charge in [-0.1, -0.05) is 30.3 Å². The molecule has 43 heavy (non-hydrogen) atoms. The highest BCUT2D eigenvalue weighted by Gasteiger charge is 2.48. The zero-order chi connectivity index (χ0) is 28.9. The normalized spacial score (nSPS) is 12.4. The van der Waals surface area contributed by atoms with Crippen molar-refractivity contribution < 1.29 is 0 Å². The predicted octanol–water partition coefficient (Wildman–Crippen LogP) is 3.83. The highest BCUT2D eigenvalue weighted by Crippen LogP contribution is 2.19. The second kappa shape index (κ2) is 11.6. The Balaban J connectivity index is 1.56. The van der Waals surface area contributed by atoms with Gasteiger partial charge in [-0.2, -0.15) is 0 Å². The molecule has 1 atom stereocenters. The molecule has 0 aliphatic carbocycles. The van der Waals surface area contributed by atoms with Gasteiger partial charge >= 0.3 is 0 Å². The molecule has 7 rings (SSSR count). The maximum atomic E-state index is 5.33. The lowest BCUT2D eigenvalue weighted by atomic mass is 10.2. The highest BCUT2D eigenvalue weighted by atomic mass is 28.3. The van der Waals surface area contributed by atoms with Crippen molar-refractivity contribution in [1.82, 2.24) is 34.9 Å². The summed E-state index contributed by atoms with van der Waals surface area (Å²) in [4.78, 5) is 34.1. The Hall–Kier alpha value is -5.73. The second-order valence-electron chi connectivity index (χ2n) is 9.88. The minimum absolute atomic E-state index is 0.775. The maximum absolute atomic E-state index is 5.33. The minimum atomic E-state index is -3.31. The van der Waals surface area contributed by atoms with Gasteiger partial charge in [0.05, 0.1) is 22.8 Å². The number of nitrogens with zero attached hydrogens (tertiary/aromatic N) is 7. The third kappa shape index (κ3) is 5.00. The van der Waals surface area contributed by atoms with Crippen molar-refractivity contribution in [2.24, 2.45) is 0 Å². The first-order valence-electron chi connectivity index (χ1n) is 13.9. The molecule has 7 heterocycles. The lowest BCUT2D eigenvalue weighted by Gasteiger charge is -2.30. The topological polar surface area (TPSA) is 90.2 Å². The Kier molecular flexibility index (Phi) is 7.08. The van der Waals surface area contributed by atoms with Crippen LogP contribution in [0.3, 0.4) is 0 Å². The van der Waals surface area contributed by atoms with E-state index in [2.05, 4.69) is 39.2 Å². The van der Waals surface area contributed by atoms with Crippen molar-refractivity contribution in [2.75, 3.05) is 0 Å². The van der Waals surface area contributed by atoms with E-state index in [0.717, 1.165) is 55.2 Å². The Labute approximate surface area is 250 Å². The summed E-state index contributed by atoms with van der Waals surface area (Å²) in [5.41, 5.74) is 5.22. The first kappa shape index (κ1) is 26.2. The summed E-state index contributed by atoms with van der Waals surface area (Å²) < 4.78 is 0. The first-order chi connectivity index (χ1) is 21.3. The Morgan fingerprint density at radius 3 is 1.58 bits per heavy atom. The Morgan fingerprint density at radius 2 is 0.907 bits per heavy atom. The van der Waals surface area contributed by atoms with E-state index in [1.165, 1.54) is 0 Å². The van der Waals surface area contributed by atoms with Crippen molar-refractivity contribution in [2.45, 2.75) is 0 Å². The van der Waals surface area contributed by atoms with Gasteiger partial charge in [0.1, 0.15) is 0 Å². The van der Waals surface area contributed by atoms with Gasteiger partial charge in [-0.05, 0) is 84.9 Å². The van der Waals surface area contributed by atoms with Gasteiger partial charge in [0, 0.05) is 69.6 Å². The molecule has 0 amide bonds. The summed E-state index contributed by atoms with van der Waals surface area (Å²) in [5.74, 6) is 0. The zero-order valence-electron chi connectivity index (χ0n) is 23.1. The Bertz CT molecular complexity index is 1770. The van der Waals surface area contributed by atoms with Crippen molar-refractivity contribution in [3.63, 3.8) is 0 Å². The first-order valence-corrected chi connectivity index (χ1v) is 15.9. The summed E-state index contributed by atoms with van der Waals surface area (Å²) in [6.45, 7) is 0. The molecule has 7 aromatic heterocycles. The fraction of sp³-hybridized carbons (Fsp3) is 0. The van der Waals surface area contributed by atoms with Crippen LogP contribution in [0.4, 0.5) is 0 Å². The molecule has 1 unspecified atom stereocenters. The van der Waals surface area contributed by atoms with E-state index in [1.807, 2.05) is 103 Å². The minimum Gasteiger partial charge on any atom is -0.265 e. The molecule has 0 aromatic carbocycles. The molecule has 0 aliphatic heterocycles. The lowest BCUT2D eigenvalue weighted by molar-refractivity contribution is 1.25. The zero-order valence-corrected chi connectivity index (χ0v) is 24.1. The molecule has 0 bridgehead atoms. The van der Waals surface area contributed by atoms with Crippen LogP contribution < -0.4 is 21.3 Å². The molecular formula is C35H25N7Si. The molecule has 0 aliphatic rings. The van der Waals surface area contributed by atoms with Gasteiger partial charge in [-0.3, -0.25) is 34.9 Å². The fourth-order valence-corrected chi connectivity index (χ4v) is 9.43. The summed E-state index contributed by atoms with van der Waals surface area (Å²) in [6, 6.07) is 38.1. The summed E-state index contributed by atoms with van der Waals surface area (Å²) in [6.07, 6.45) is 10.8. The number of hydrogen-bond acceptors (Lipinski definition) is 7. The average Bonchev–Trinajstić information content (AvgIpc) is 3.11. The van der Waals surface area contributed by atoms with Gasteiger partial charge in [0.2, 0.25) is 0 Å². The summed E-state index contributed by atoms with van der Waals surface area (Å²) in [5, 5.41) is 3.47. The largest absolute Gasteiger partial charge is 0.265 e. The quantitative estimate of drug-likeness (QED) is 0.269. The van der Waals surface area contributed by atoms with Crippen LogP contribution in [0.2, 0.25) is 0 Å². The van der Waals surface area contributed by atoms with Crippen molar-refractivity contribution >= 4 is 29.3 Å². The molecular weight excluding hydrogens is 547 g/mol. The third-order valence-corrected chi connectivity index (χ3v) is 11.5. The number of hydrogen-bond donors (Lipinski definition) is 0. The highest BCUT2D eigenvalue weighted by molar-refractivity contribution is 7.18. The molecule has 8 heteroatoms. The average molecular weight is 572 g/mol. The van der Waals surface area contributed by atoms with Gasteiger partial charge in [-0.25, -0.2) is 0 Å². The Morgan fingerprint density at radius 1 is 0.349 bits per heavy atom. The third-order valence-electron chi connectivity index (χ3n) is 7.32. The van der Waals surface area contributed by atoms with Crippen LogP contribution in [0.5, 0.6) is 0 Å². The van der Waals surface area contributed by atoms with Crippen LogP contribution in [-0.4, -0.2) is 43.0 Å². The SMILES string of the molecule is c1ccc(-c2ccnc([Si](c3ccccn3)(c3cccc(-c4ccncc4)n3)c3cccc(-c4ccccn4)n3)c2)nc1. The van der Waals surface area contributed by atoms with E-state index >= 15 is 0 Å². The van der Waals surface area contributed by atoms with Crippen LogP contribution in [0.25, 0.3) is 33.9 Å². The molecule has 0 fully saturated rings. The summed E-state index contributed by atoms with van der Waals surface area (Å²) >= 11 is 0. The molecule has 0 saturated carbocycles. The molecule has 204 valence electrons. The monoisotopic (exact) mass is 571 g/mol. The van der Waals surface area contributed by atoms with E-state index in [9.17, 15) is 0 Å². The van der Waals surface area contributed by atoms with Crippen molar-refractivity contribution in [1.29, 1.82) is 0 Å². The summed E-state index contributed by atoms with van der Waals surface area (Å²) in [7, 11) is -3.31. The van der Waals surface area contributed by atoms with Gasteiger partial charge in [0.15, 0.2) is 0 Å². The second-order valence-corrected chi connectivity index (χ2v) is 13.4. The molecule has 7 aromatic rings. The van der Waals surface area contributed by atoms with E-state index in [-0.39, 0.29) is 0 Å². The van der Waals surface area contributed by atoms with E-state index in [1.54, 1.807) is 24.8 Å². The van der Waals surface area contributed by atoms with Crippen molar-refractivity contribution in [3.05, 3.63) is 152 Å². The maximum Gasteiger partial charge on any atom is 0.263 e. The van der Waals surface area contributed by atoms with Crippen LogP contribution >= 0.6 is 0 Å². The fourth-order valence-electron chi connectivity index (χ4n) is 5.33. The number of pyridine rings is 7. The van der Waals surface area contributed by atoms with E-state index < -0.39 is 8.07 Å². The van der Waals surface area contributed by atoms with Crippen LogP contribution in [0.15, 0.2) is 152 Å². The molecule has 0 saturated heterocycles. The smallest absolute Gasteiger partial charge is 0.263 e. The van der Waals surface area contributed by atoms with Crippen LogP contribution in [0, 0.1) is 0 Å². The molecule has 7 nitrogen and oxygen atoms in total. The molecule has 0 spiro atoms. The predicted molar refractivity (Wildman–Crippen MR) is 171 cm³/mol. The number of aromatic nitrogens is 7.